The highest BCUT2D eigenvalue weighted by Crippen LogP contribution is 2.31. The number of methoxy groups -OCH3 is 2. The van der Waals surface area contributed by atoms with Gasteiger partial charge in [0.15, 0.2) is 17.5 Å². The zero-order valence-corrected chi connectivity index (χ0v) is 17.0. The van der Waals surface area contributed by atoms with E-state index in [-0.39, 0.29) is 24.0 Å². The summed E-state index contributed by atoms with van der Waals surface area (Å²) in [5.74, 6) is 2.46. The molecule has 0 unspecified atom stereocenters. The highest BCUT2D eigenvalue weighted by atomic mass is 127. The molecular formula is C17H28IN3O2. The van der Waals surface area contributed by atoms with Crippen molar-refractivity contribution in [1.82, 2.24) is 10.2 Å². The van der Waals surface area contributed by atoms with E-state index < -0.39 is 0 Å². The number of guanidine groups is 1. The number of para-hydroxylation sites is 1. The number of likely N-dealkylation sites (tertiary alicyclic amines) is 1. The van der Waals surface area contributed by atoms with Crippen LogP contribution in [0.15, 0.2) is 23.2 Å². The lowest BCUT2D eigenvalue weighted by Crippen LogP contribution is -2.40. The highest BCUT2D eigenvalue weighted by Gasteiger charge is 2.30. The molecule has 0 saturated carbocycles. The summed E-state index contributed by atoms with van der Waals surface area (Å²) in [6, 6.07) is 5.91. The third kappa shape index (κ3) is 4.89. The fraction of sp³-hybridized carbons (Fsp3) is 0.588. The predicted molar refractivity (Wildman–Crippen MR) is 105 cm³/mol. The Bertz CT molecular complexity index is 547. The Morgan fingerprint density at radius 2 is 2.04 bits per heavy atom. The molecule has 6 heteroatoms. The van der Waals surface area contributed by atoms with Gasteiger partial charge in [-0.1, -0.05) is 26.0 Å². The largest absolute Gasteiger partial charge is 0.493 e. The van der Waals surface area contributed by atoms with Crippen LogP contribution in [0.25, 0.3) is 0 Å². The van der Waals surface area contributed by atoms with Crippen molar-refractivity contribution >= 4 is 29.9 Å². The van der Waals surface area contributed by atoms with Crippen LogP contribution in [-0.4, -0.2) is 45.2 Å². The summed E-state index contributed by atoms with van der Waals surface area (Å²) in [7, 11) is 5.15. The van der Waals surface area contributed by atoms with Crippen LogP contribution in [0.1, 0.15) is 25.8 Å². The fourth-order valence-corrected chi connectivity index (χ4v) is 2.89. The van der Waals surface area contributed by atoms with Gasteiger partial charge in [-0.15, -0.1) is 24.0 Å². The Kier molecular flexibility index (Phi) is 7.44. The van der Waals surface area contributed by atoms with Gasteiger partial charge in [0.1, 0.15) is 0 Å². The molecular weight excluding hydrogens is 405 g/mol. The summed E-state index contributed by atoms with van der Waals surface area (Å²) < 4.78 is 10.8. The van der Waals surface area contributed by atoms with Crippen LogP contribution < -0.4 is 14.8 Å². The number of nitrogens with zero attached hydrogens (tertiary/aromatic N) is 2. The van der Waals surface area contributed by atoms with Crippen molar-refractivity contribution in [3.05, 3.63) is 23.8 Å². The SMILES string of the molecule is CN=C(NCc1cccc(OC)c1OC)N1CCC(C)(C)C1.I. The molecule has 5 nitrogen and oxygen atoms in total. The van der Waals surface area contributed by atoms with Crippen LogP contribution in [-0.2, 0) is 6.54 Å². The second-order valence-electron chi connectivity index (χ2n) is 6.39. The Hall–Kier alpha value is -1.18. The van der Waals surface area contributed by atoms with Gasteiger partial charge in [-0.25, -0.2) is 0 Å². The normalized spacial score (nSPS) is 16.7. The minimum absolute atomic E-state index is 0. The molecule has 1 aromatic rings. The maximum absolute atomic E-state index is 5.47. The molecule has 1 N–H and O–H groups in total. The van der Waals surface area contributed by atoms with E-state index >= 15 is 0 Å². The zero-order chi connectivity index (χ0) is 16.2. The second-order valence-corrected chi connectivity index (χ2v) is 6.39. The number of hydrogen-bond acceptors (Lipinski definition) is 3. The summed E-state index contributed by atoms with van der Waals surface area (Å²) in [5.41, 5.74) is 1.41. The van der Waals surface area contributed by atoms with Crippen molar-refractivity contribution in [2.75, 3.05) is 34.4 Å². The molecule has 1 aliphatic heterocycles. The first-order valence-corrected chi connectivity index (χ1v) is 7.66. The minimum Gasteiger partial charge on any atom is -0.493 e. The Balaban J connectivity index is 0.00000264. The van der Waals surface area contributed by atoms with Crippen molar-refractivity contribution in [1.29, 1.82) is 0 Å². The number of aliphatic imine (C=N–C) groups is 1. The van der Waals surface area contributed by atoms with E-state index in [4.69, 9.17) is 9.47 Å². The first-order chi connectivity index (χ1) is 10.5. The van der Waals surface area contributed by atoms with Crippen LogP contribution in [0.3, 0.4) is 0 Å². The molecule has 0 atom stereocenters. The topological polar surface area (TPSA) is 46.1 Å². The molecule has 1 aliphatic rings. The van der Waals surface area contributed by atoms with Crippen LogP contribution in [0, 0.1) is 5.41 Å². The van der Waals surface area contributed by atoms with Gasteiger partial charge in [0.05, 0.1) is 14.2 Å². The predicted octanol–water partition coefficient (Wildman–Crippen LogP) is 3.13. The summed E-state index contributed by atoms with van der Waals surface area (Å²) in [5, 5.41) is 3.43. The second kappa shape index (κ2) is 8.61. The average molecular weight is 433 g/mol. The quantitative estimate of drug-likeness (QED) is 0.451. The third-order valence-corrected chi connectivity index (χ3v) is 4.11. The van der Waals surface area contributed by atoms with Gasteiger partial charge in [0.25, 0.3) is 0 Å². The van der Waals surface area contributed by atoms with Gasteiger partial charge in [0.2, 0.25) is 0 Å². The number of halogens is 1. The Morgan fingerprint density at radius 3 is 2.57 bits per heavy atom. The van der Waals surface area contributed by atoms with Crippen molar-refractivity contribution in [3.63, 3.8) is 0 Å². The summed E-state index contributed by atoms with van der Waals surface area (Å²) in [6.45, 7) is 7.32. The van der Waals surface area contributed by atoms with Crippen molar-refractivity contribution in [2.24, 2.45) is 10.4 Å². The maximum atomic E-state index is 5.47. The van der Waals surface area contributed by atoms with Crippen LogP contribution >= 0.6 is 24.0 Å². The molecule has 0 radical (unpaired) electrons. The molecule has 0 spiro atoms. The van der Waals surface area contributed by atoms with E-state index in [2.05, 4.69) is 29.1 Å². The van der Waals surface area contributed by atoms with E-state index in [1.807, 2.05) is 25.2 Å². The van der Waals surface area contributed by atoms with E-state index in [1.54, 1.807) is 14.2 Å². The molecule has 1 saturated heterocycles. The van der Waals surface area contributed by atoms with Gasteiger partial charge < -0.3 is 19.7 Å². The van der Waals surface area contributed by atoms with Gasteiger partial charge in [-0.2, -0.15) is 0 Å². The van der Waals surface area contributed by atoms with Crippen LogP contribution in [0.2, 0.25) is 0 Å². The Morgan fingerprint density at radius 1 is 1.30 bits per heavy atom. The third-order valence-electron chi connectivity index (χ3n) is 4.11. The number of benzene rings is 1. The maximum Gasteiger partial charge on any atom is 0.193 e. The standard InChI is InChI=1S/C17H27N3O2.HI/c1-17(2)9-10-20(12-17)16(18-3)19-11-13-7-6-8-14(21-4)15(13)22-5;/h6-8H,9-12H2,1-5H3,(H,18,19);1H. The van der Waals surface area contributed by atoms with E-state index in [0.717, 1.165) is 36.1 Å². The summed E-state index contributed by atoms with van der Waals surface area (Å²) in [4.78, 5) is 6.72. The zero-order valence-electron chi connectivity index (χ0n) is 14.7. The molecule has 130 valence electrons. The molecule has 1 heterocycles. The molecule has 1 fully saturated rings. The molecule has 23 heavy (non-hydrogen) atoms. The molecule has 0 bridgehead atoms. The van der Waals surface area contributed by atoms with Crippen molar-refractivity contribution in [3.8, 4) is 11.5 Å². The van der Waals surface area contributed by atoms with E-state index in [1.165, 1.54) is 6.42 Å². The molecule has 0 amide bonds. The minimum atomic E-state index is 0. The number of ether oxygens (including phenoxy) is 2. The van der Waals surface area contributed by atoms with Gasteiger partial charge in [-0.3, -0.25) is 4.99 Å². The highest BCUT2D eigenvalue weighted by molar-refractivity contribution is 14.0. The van der Waals surface area contributed by atoms with E-state index in [0.29, 0.717) is 12.0 Å². The van der Waals surface area contributed by atoms with Crippen LogP contribution in [0.5, 0.6) is 11.5 Å². The van der Waals surface area contributed by atoms with Gasteiger partial charge in [-0.05, 0) is 17.9 Å². The van der Waals surface area contributed by atoms with Crippen molar-refractivity contribution < 1.29 is 9.47 Å². The van der Waals surface area contributed by atoms with Gasteiger partial charge >= 0.3 is 0 Å². The fourth-order valence-electron chi connectivity index (χ4n) is 2.89. The van der Waals surface area contributed by atoms with E-state index in [9.17, 15) is 0 Å². The van der Waals surface area contributed by atoms with Crippen LogP contribution in [0.4, 0.5) is 0 Å². The first kappa shape index (κ1) is 19.9. The average Bonchev–Trinajstić information content (AvgIpc) is 2.87. The Labute approximate surface area is 156 Å². The number of hydrogen-bond donors (Lipinski definition) is 1. The number of rotatable bonds is 4. The molecule has 2 rings (SSSR count). The lowest BCUT2D eigenvalue weighted by Gasteiger charge is -2.24. The smallest absolute Gasteiger partial charge is 0.193 e. The molecule has 0 aliphatic carbocycles. The van der Waals surface area contributed by atoms with Crippen molar-refractivity contribution in [2.45, 2.75) is 26.8 Å². The monoisotopic (exact) mass is 433 g/mol. The number of nitrogens with one attached hydrogen (secondary N) is 1. The lowest BCUT2D eigenvalue weighted by atomic mass is 9.93. The van der Waals surface area contributed by atoms with Gasteiger partial charge in [0, 0.05) is 32.2 Å². The summed E-state index contributed by atoms with van der Waals surface area (Å²) in [6.07, 6.45) is 1.19. The molecule has 0 aromatic heterocycles. The molecule has 1 aromatic carbocycles. The summed E-state index contributed by atoms with van der Waals surface area (Å²) >= 11 is 0. The first-order valence-electron chi connectivity index (χ1n) is 7.66. The lowest BCUT2D eigenvalue weighted by molar-refractivity contribution is 0.350.